The number of carbonyl (C=O) groups excluding carboxylic acids is 1. The largest absolute Gasteiger partial charge is 0.383 e. The molecule has 0 fully saturated rings. The molecule has 136 valence electrons. The summed E-state index contributed by atoms with van der Waals surface area (Å²) in [7, 11) is 3.39. The predicted molar refractivity (Wildman–Crippen MR) is 94.0 cm³/mol. The number of amides is 2. The minimum Gasteiger partial charge on any atom is -0.383 e. The van der Waals surface area contributed by atoms with Crippen LogP contribution in [-0.4, -0.2) is 57.5 Å². The van der Waals surface area contributed by atoms with E-state index in [0.717, 1.165) is 17.1 Å². The summed E-state index contributed by atoms with van der Waals surface area (Å²) in [5, 5.41) is 11.0. The second kappa shape index (κ2) is 9.12. The van der Waals surface area contributed by atoms with Crippen molar-refractivity contribution in [1.29, 1.82) is 0 Å². The molecular weight excluding hydrogens is 320 g/mol. The molecule has 0 radical (unpaired) electrons. The molecule has 8 nitrogen and oxygen atoms in total. The average molecular weight is 346 g/mol. The summed E-state index contributed by atoms with van der Waals surface area (Å²) in [5.74, 6) is 0.725. The molecule has 2 amide bonds. The highest BCUT2D eigenvalue weighted by molar-refractivity contribution is 5.74. The van der Waals surface area contributed by atoms with E-state index in [9.17, 15) is 4.79 Å². The van der Waals surface area contributed by atoms with Crippen molar-refractivity contribution in [3.63, 3.8) is 0 Å². The molecule has 8 heteroatoms. The Hall–Kier alpha value is -2.48. The van der Waals surface area contributed by atoms with Crippen LogP contribution in [-0.2, 0) is 24.2 Å². The summed E-state index contributed by atoms with van der Waals surface area (Å²) in [6.45, 7) is 5.60. The van der Waals surface area contributed by atoms with Gasteiger partial charge >= 0.3 is 6.03 Å². The van der Waals surface area contributed by atoms with Crippen LogP contribution in [0.1, 0.15) is 24.0 Å². The Bertz CT molecular complexity index is 687. The van der Waals surface area contributed by atoms with Crippen LogP contribution in [0.4, 0.5) is 4.79 Å². The molecule has 1 N–H and O–H groups in total. The number of hydrogen-bond donors (Lipinski definition) is 1. The Balaban J connectivity index is 1.87. The van der Waals surface area contributed by atoms with Crippen molar-refractivity contribution in [3.05, 3.63) is 41.7 Å². The standard InChI is InChI=1S/C17H26N6O2/c1-13-6-5-7-18-15(13)10-14(2)20-17(24)22(3)11-16-21-19-12-23(16)8-9-25-4/h5-7,12,14H,8-11H2,1-4H3,(H,20,24)/t14-/m1/s1. The molecule has 0 aliphatic heterocycles. The second-order valence-electron chi connectivity index (χ2n) is 6.11. The molecule has 0 aromatic carbocycles. The lowest BCUT2D eigenvalue weighted by Gasteiger charge is -2.21. The van der Waals surface area contributed by atoms with Gasteiger partial charge in [0.15, 0.2) is 5.82 Å². The van der Waals surface area contributed by atoms with Crippen LogP contribution in [0.2, 0.25) is 0 Å². The molecule has 0 unspecified atom stereocenters. The lowest BCUT2D eigenvalue weighted by atomic mass is 10.1. The number of aromatic nitrogens is 4. The van der Waals surface area contributed by atoms with Crippen molar-refractivity contribution >= 4 is 6.03 Å². The Morgan fingerprint density at radius 1 is 1.48 bits per heavy atom. The van der Waals surface area contributed by atoms with Crippen LogP contribution >= 0.6 is 0 Å². The molecule has 1 atom stereocenters. The first-order valence-electron chi connectivity index (χ1n) is 8.29. The molecule has 0 spiro atoms. The SMILES string of the molecule is COCCn1cnnc1CN(C)C(=O)N[C@H](C)Cc1ncccc1C. The number of methoxy groups -OCH3 is 1. The van der Waals surface area contributed by atoms with Crippen molar-refractivity contribution in [2.75, 3.05) is 20.8 Å². The van der Waals surface area contributed by atoms with Crippen molar-refractivity contribution in [2.24, 2.45) is 0 Å². The minimum absolute atomic E-state index is 0.0186. The normalized spacial score (nSPS) is 12.0. The number of carbonyl (C=O) groups is 1. The highest BCUT2D eigenvalue weighted by Gasteiger charge is 2.16. The fourth-order valence-corrected chi connectivity index (χ4v) is 2.46. The molecule has 0 saturated heterocycles. The van der Waals surface area contributed by atoms with Crippen LogP contribution in [0.3, 0.4) is 0 Å². The molecule has 2 aromatic heterocycles. The third kappa shape index (κ3) is 5.53. The average Bonchev–Trinajstić information content (AvgIpc) is 3.02. The zero-order valence-corrected chi connectivity index (χ0v) is 15.3. The third-order valence-electron chi connectivity index (χ3n) is 3.94. The number of nitrogens with one attached hydrogen (secondary N) is 1. The van der Waals surface area contributed by atoms with Gasteiger partial charge in [-0.05, 0) is 25.5 Å². The van der Waals surface area contributed by atoms with Gasteiger partial charge in [0.05, 0.1) is 13.2 Å². The minimum atomic E-state index is -0.151. The summed E-state index contributed by atoms with van der Waals surface area (Å²) in [5.41, 5.74) is 2.13. The molecular formula is C17H26N6O2. The lowest BCUT2D eigenvalue weighted by Crippen LogP contribution is -2.43. The molecule has 25 heavy (non-hydrogen) atoms. The quantitative estimate of drug-likeness (QED) is 0.781. The maximum absolute atomic E-state index is 12.4. The van der Waals surface area contributed by atoms with Crippen molar-refractivity contribution in [3.8, 4) is 0 Å². The molecule has 0 aliphatic carbocycles. The van der Waals surface area contributed by atoms with E-state index in [-0.39, 0.29) is 12.1 Å². The third-order valence-corrected chi connectivity index (χ3v) is 3.94. The van der Waals surface area contributed by atoms with Crippen molar-refractivity contribution in [2.45, 2.75) is 39.4 Å². The Kier molecular flexibility index (Phi) is 6.88. The maximum atomic E-state index is 12.4. The van der Waals surface area contributed by atoms with E-state index in [1.54, 1.807) is 31.6 Å². The predicted octanol–water partition coefficient (Wildman–Crippen LogP) is 1.40. The number of urea groups is 1. The van der Waals surface area contributed by atoms with E-state index in [0.29, 0.717) is 26.1 Å². The van der Waals surface area contributed by atoms with Gasteiger partial charge in [-0.2, -0.15) is 0 Å². The summed E-state index contributed by atoms with van der Waals surface area (Å²) >= 11 is 0. The zero-order chi connectivity index (χ0) is 18.2. The number of nitrogens with zero attached hydrogens (tertiary/aromatic N) is 5. The maximum Gasteiger partial charge on any atom is 0.317 e. The Labute approximate surface area is 148 Å². The van der Waals surface area contributed by atoms with Gasteiger partial charge in [0.25, 0.3) is 0 Å². The van der Waals surface area contributed by atoms with E-state index in [4.69, 9.17) is 4.74 Å². The molecule has 0 bridgehead atoms. The Morgan fingerprint density at radius 3 is 3.00 bits per heavy atom. The van der Waals surface area contributed by atoms with Crippen LogP contribution in [0.25, 0.3) is 0 Å². The number of aryl methyl sites for hydroxylation is 1. The second-order valence-corrected chi connectivity index (χ2v) is 6.11. The van der Waals surface area contributed by atoms with Crippen molar-refractivity contribution in [1.82, 2.24) is 30.0 Å². The molecule has 0 aliphatic rings. The summed E-state index contributed by atoms with van der Waals surface area (Å²) < 4.78 is 6.95. The van der Waals surface area contributed by atoms with E-state index in [1.807, 2.05) is 30.5 Å². The van der Waals surface area contributed by atoms with Crippen LogP contribution in [0.15, 0.2) is 24.7 Å². The van der Waals surface area contributed by atoms with Gasteiger partial charge in [-0.25, -0.2) is 4.79 Å². The van der Waals surface area contributed by atoms with Crippen molar-refractivity contribution < 1.29 is 9.53 Å². The van der Waals surface area contributed by atoms with Gasteiger partial charge in [-0.1, -0.05) is 6.07 Å². The first kappa shape index (κ1) is 18.9. The van der Waals surface area contributed by atoms with E-state index >= 15 is 0 Å². The van der Waals surface area contributed by atoms with Gasteiger partial charge in [-0.15, -0.1) is 10.2 Å². The monoisotopic (exact) mass is 346 g/mol. The topological polar surface area (TPSA) is 85.2 Å². The fourth-order valence-electron chi connectivity index (χ4n) is 2.46. The molecule has 2 aromatic rings. The highest BCUT2D eigenvalue weighted by Crippen LogP contribution is 2.07. The van der Waals surface area contributed by atoms with E-state index in [1.165, 1.54) is 0 Å². The van der Waals surface area contributed by atoms with Crippen LogP contribution in [0.5, 0.6) is 0 Å². The number of hydrogen-bond acceptors (Lipinski definition) is 5. The fraction of sp³-hybridized carbons (Fsp3) is 0.529. The number of pyridine rings is 1. The zero-order valence-electron chi connectivity index (χ0n) is 15.3. The lowest BCUT2D eigenvalue weighted by molar-refractivity contribution is 0.183. The van der Waals surface area contributed by atoms with Gasteiger partial charge in [-0.3, -0.25) is 4.98 Å². The van der Waals surface area contributed by atoms with Gasteiger partial charge < -0.3 is 19.5 Å². The summed E-state index contributed by atoms with van der Waals surface area (Å²) in [6.07, 6.45) is 4.11. The molecule has 0 saturated carbocycles. The Morgan fingerprint density at radius 2 is 2.28 bits per heavy atom. The number of ether oxygens (including phenoxy) is 1. The first-order valence-corrected chi connectivity index (χ1v) is 8.29. The van der Waals surface area contributed by atoms with Crippen LogP contribution in [0, 0.1) is 6.92 Å². The van der Waals surface area contributed by atoms with Gasteiger partial charge in [0.2, 0.25) is 0 Å². The highest BCUT2D eigenvalue weighted by atomic mass is 16.5. The smallest absolute Gasteiger partial charge is 0.317 e. The van der Waals surface area contributed by atoms with Gasteiger partial charge in [0, 0.05) is 45.1 Å². The van der Waals surface area contributed by atoms with E-state index < -0.39 is 0 Å². The molecule has 2 heterocycles. The summed E-state index contributed by atoms with van der Waals surface area (Å²) in [4.78, 5) is 18.4. The first-order chi connectivity index (χ1) is 12.0. The van der Waals surface area contributed by atoms with Crippen LogP contribution < -0.4 is 5.32 Å². The number of rotatable bonds is 8. The summed E-state index contributed by atoms with van der Waals surface area (Å²) in [6, 6.07) is 3.77. The molecule has 2 rings (SSSR count). The van der Waals surface area contributed by atoms with E-state index in [2.05, 4.69) is 20.5 Å². The van der Waals surface area contributed by atoms with Gasteiger partial charge in [0.1, 0.15) is 6.33 Å².